The van der Waals surface area contributed by atoms with Gasteiger partial charge in [0.25, 0.3) is 0 Å². The molecule has 2 N–H and O–H groups in total. The fraction of sp³-hybridized carbons (Fsp3) is 0.588. The third-order valence-electron chi connectivity index (χ3n) is 3.39. The lowest BCUT2D eigenvalue weighted by atomic mass is 10.1. The average molecular weight is 419 g/mol. The summed E-state index contributed by atoms with van der Waals surface area (Å²) in [6.45, 7) is 8.15. The molecule has 0 radical (unpaired) electrons. The Balaban J connectivity index is 0.00000441. The molecule has 1 aromatic rings. The largest absolute Gasteiger partial charge is 0.497 e. The molecule has 4 nitrogen and oxygen atoms in total. The first kappa shape index (κ1) is 21.0. The molecule has 1 unspecified atom stereocenters. The van der Waals surface area contributed by atoms with Crippen molar-refractivity contribution in [3.8, 4) is 5.75 Å². The highest BCUT2D eigenvalue weighted by atomic mass is 127. The highest BCUT2D eigenvalue weighted by molar-refractivity contribution is 14.0. The van der Waals surface area contributed by atoms with Gasteiger partial charge < -0.3 is 15.4 Å². The van der Waals surface area contributed by atoms with E-state index < -0.39 is 0 Å². The van der Waals surface area contributed by atoms with Crippen LogP contribution in [0.5, 0.6) is 5.75 Å². The lowest BCUT2D eigenvalue weighted by molar-refractivity contribution is 0.414. The molecule has 0 aliphatic rings. The molecule has 22 heavy (non-hydrogen) atoms. The van der Waals surface area contributed by atoms with E-state index in [1.165, 1.54) is 5.56 Å². The van der Waals surface area contributed by atoms with Crippen molar-refractivity contribution in [1.29, 1.82) is 0 Å². The number of aryl methyl sites for hydroxylation is 1. The third kappa shape index (κ3) is 8.46. The van der Waals surface area contributed by atoms with Crippen molar-refractivity contribution in [1.82, 2.24) is 10.6 Å². The Kier molecular flexibility index (Phi) is 12.0. The Hall–Kier alpha value is -0.980. The van der Waals surface area contributed by atoms with Gasteiger partial charge in [0.2, 0.25) is 0 Å². The van der Waals surface area contributed by atoms with Crippen molar-refractivity contribution in [2.75, 3.05) is 20.2 Å². The highest BCUT2D eigenvalue weighted by Gasteiger charge is 2.02. The van der Waals surface area contributed by atoms with E-state index in [2.05, 4.69) is 48.5 Å². The maximum Gasteiger partial charge on any atom is 0.191 e. The van der Waals surface area contributed by atoms with Crippen molar-refractivity contribution in [3.63, 3.8) is 0 Å². The monoisotopic (exact) mass is 419 g/mol. The third-order valence-corrected chi connectivity index (χ3v) is 3.39. The van der Waals surface area contributed by atoms with Crippen LogP contribution >= 0.6 is 24.0 Å². The number of rotatable bonds is 8. The second-order valence-electron chi connectivity index (χ2n) is 5.17. The number of hydrogen-bond acceptors (Lipinski definition) is 2. The number of nitrogens with one attached hydrogen (secondary N) is 2. The molecule has 0 aliphatic carbocycles. The predicted molar refractivity (Wildman–Crippen MR) is 106 cm³/mol. The van der Waals surface area contributed by atoms with E-state index in [1.807, 2.05) is 12.1 Å². The second-order valence-corrected chi connectivity index (χ2v) is 5.17. The first-order chi connectivity index (χ1) is 10.2. The van der Waals surface area contributed by atoms with Gasteiger partial charge in [-0.3, -0.25) is 4.99 Å². The van der Waals surface area contributed by atoms with Crippen LogP contribution in [0.25, 0.3) is 0 Å². The van der Waals surface area contributed by atoms with Gasteiger partial charge in [0.15, 0.2) is 5.96 Å². The zero-order valence-corrected chi connectivity index (χ0v) is 16.5. The number of benzene rings is 1. The Labute approximate surface area is 152 Å². The quantitative estimate of drug-likeness (QED) is 0.293. The number of halogens is 1. The molecule has 0 saturated carbocycles. The van der Waals surface area contributed by atoms with Crippen LogP contribution in [-0.4, -0.2) is 32.2 Å². The van der Waals surface area contributed by atoms with Gasteiger partial charge in [0.05, 0.1) is 7.11 Å². The molecule has 0 bridgehead atoms. The molecule has 0 spiro atoms. The summed E-state index contributed by atoms with van der Waals surface area (Å²) in [4.78, 5) is 4.62. The van der Waals surface area contributed by atoms with Crippen LogP contribution < -0.4 is 15.4 Å². The topological polar surface area (TPSA) is 45.7 Å². The Morgan fingerprint density at radius 2 is 1.91 bits per heavy atom. The number of guanidine groups is 1. The Bertz CT molecular complexity index is 420. The molecule has 0 saturated heterocycles. The molecule has 0 fully saturated rings. The standard InChI is InChI=1S/C17H29N3O.HI/c1-5-14(3)20-17(18-6-2)19-13-7-8-15-9-11-16(21-4)12-10-15;/h9-12,14H,5-8,13H2,1-4H3,(H2,18,19,20);1H. The van der Waals surface area contributed by atoms with Gasteiger partial charge in [0.1, 0.15) is 5.75 Å². The first-order valence-electron chi connectivity index (χ1n) is 7.87. The SMILES string of the molecule is CCNC(=NCCCc1ccc(OC)cc1)NC(C)CC.I. The van der Waals surface area contributed by atoms with Crippen LogP contribution in [-0.2, 0) is 6.42 Å². The average Bonchev–Trinajstić information content (AvgIpc) is 2.52. The maximum atomic E-state index is 5.16. The Morgan fingerprint density at radius 1 is 1.23 bits per heavy atom. The van der Waals surface area contributed by atoms with Crippen molar-refractivity contribution >= 4 is 29.9 Å². The van der Waals surface area contributed by atoms with Crippen LogP contribution in [0.2, 0.25) is 0 Å². The number of aliphatic imine (C=N–C) groups is 1. The van der Waals surface area contributed by atoms with Crippen LogP contribution in [0.3, 0.4) is 0 Å². The second kappa shape index (κ2) is 12.6. The molecule has 1 rings (SSSR count). The summed E-state index contributed by atoms with van der Waals surface area (Å²) in [5.74, 6) is 1.82. The van der Waals surface area contributed by atoms with Crippen molar-refractivity contribution in [2.24, 2.45) is 4.99 Å². The molecule has 1 aromatic carbocycles. The normalized spacial score (nSPS) is 12.3. The first-order valence-corrected chi connectivity index (χ1v) is 7.87. The van der Waals surface area contributed by atoms with E-state index in [1.54, 1.807) is 7.11 Å². The number of nitrogens with zero attached hydrogens (tertiary/aromatic N) is 1. The summed E-state index contributed by atoms with van der Waals surface area (Å²) >= 11 is 0. The van der Waals surface area contributed by atoms with Gasteiger partial charge in [-0.25, -0.2) is 0 Å². The fourth-order valence-corrected chi connectivity index (χ4v) is 1.92. The summed E-state index contributed by atoms with van der Waals surface area (Å²) < 4.78 is 5.16. The van der Waals surface area contributed by atoms with Crippen molar-refractivity contribution in [2.45, 2.75) is 46.1 Å². The van der Waals surface area contributed by atoms with Gasteiger partial charge in [0, 0.05) is 19.1 Å². The van der Waals surface area contributed by atoms with E-state index in [0.29, 0.717) is 6.04 Å². The van der Waals surface area contributed by atoms with Crippen LogP contribution in [0.4, 0.5) is 0 Å². The molecule has 0 amide bonds. The number of methoxy groups -OCH3 is 1. The minimum Gasteiger partial charge on any atom is -0.497 e. The van der Waals surface area contributed by atoms with Crippen molar-refractivity contribution in [3.05, 3.63) is 29.8 Å². The van der Waals surface area contributed by atoms with Crippen molar-refractivity contribution < 1.29 is 4.74 Å². The van der Waals surface area contributed by atoms with Gasteiger partial charge in [-0.05, 0) is 50.8 Å². The van der Waals surface area contributed by atoms with Gasteiger partial charge >= 0.3 is 0 Å². The van der Waals surface area contributed by atoms with E-state index in [9.17, 15) is 0 Å². The molecule has 0 heterocycles. The molecule has 126 valence electrons. The molecular formula is C17H30IN3O. The van der Waals surface area contributed by atoms with E-state index >= 15 is 0 Å². The minimum absolute atomic E-state index is 0. The number of hydrogen-bond donors (Lipinski definition) is 2. The molecule has 1 atom stereocenters. The van der Waals surface area contributed by atoms with Gasteiger partial charge in [-0.2, -0.15) is 0 Å². The summed E-state index contributed by atoms with van der Waals surface area (Å²) in [6.07, 6.45) is 3.18. The summed E-state index contributed by atoms with van der Waals surface area (Å²) in [5, 5.41) is 6.69. The summed E-state index contributed by atoms with van der Waals surface area (Å²) in [5.41, 5.74) is 1.32. The number of ether oxygens (including phenoxy) is 1. The zero-order chi connectivity index (χ0) is 15.5. The molecule has 0 aliphatic heterocycles. The van der Waals surface area contributed by atoms with Crippen LogP contribution in [0.15, 0.2) is 29.3 Å². The summed E-state index contributed by atoms with van der Waals surface area (Å²) in [7, 11) is 1.69. The van der Waals surface area contributed by atoms with E-state index in [0.717, 1.165) is 44.1 Å². The van der Waals surface area contributed by atoms with Crippen LogP contribution in [0.1, 0.15) is 39.2 Å². The molecule has 0 aromatic heterocycles. The maximum absolute atomic E-state index is 5.16. The zero-order valence-electron chi connectivity index (χ0n) is 14.2. The van der Waals surface area contributed by atoms with Gasteiger partial charge in [-0.15, -0.1) is 24.0 Å². The van der Waals surface area contributed by atoms with Gasteiger partial charge in [-0.1, -0.05) is 19.1 Å². The lowest BCUT2D eigenvalue weighted by Crippen LogP contribution is -2.42. The predicted octanol–water partition coefficient (Wildman–Crippen LogP) is 3.60. The smallest absolute Gasteiger partial charge is 0.191 e. The minimum atomic E-state index is 0. The van der Waals surface area contributed by atoms with E-state index in [4.69, 9.17) is 4.74 Å². The molecule has 5 heteroatoms. The highest BCUT2D eigenvalue weighted by Crippen LogP contribution is 2.12. The van der Waals surface area contributed by atoms with Crippen LogP contribution in [0, 0.1) is 0 Å². The molecular weight excluding hydrogens is 389 g/mol. The Morgan fingerprint density at radius 3 is 2.45 bits per heavy atom. The summed E-state index contributed by atoms with van der Waals surface area (Å²) in [6, 6.07) is 8.70. The van der Waals surface area contributed by atoms with E-state index in [-0.39, 0.29) is 24.0 Å². The lowest BCUT2D eigenvalue weighted by Gasteiger charge is -2.16. The fourth-order valence-electron chi connectivity index (χ4n) is 1.92.